The van der Waals surface area contributed by atoms with E-state index in [9.17, 15) is 14.0 Å². The Hall–Kier alpha value is -3.26. The molecule has 0 saturated heterocycles. The van der Waals surface area contributed by atoms with Gasteiger partial charge < -0.3 is 10.6 Å². The Balaban J connectivity index is 1.54. The minimum absolute atomic E-state index is 0.137. The van der Waals surface area contributed by atoms with Gasteiger partial charge >= 0.3 is 11.8 Å². The average molecular weight is 388 g/mol. The number of aryl methyl sites for hydroxylation is 2. The van der Waals surface area contributed by atoms with Gasteiger partial charge in [0, 0.05) is 36.2 Å². The van der Waals surface area contributed by atoms with E-state index in [0.717, 1.165) is 18.1 Å². The van der Waals surface area contributed by atoms with Crippen molar-refractivity contribution >= 4 is 34.9 Å². The molecule has 2 N–H and O–H groups in total. The topological polar surface area (TPSA) is 88.9 Å². The normalized spacial score (nSPS) is 10.4. The number of benzene rings is 1. The van der Waals surface area contributed by atoms with Crippen LogP contribution in [0.4, 0.5) is 15.9 Å². The van der Waals surface area contributed by atoms with Crippen LogP contribution in [0.15, 0.2) is 55.0 Å². The summed E-state index contributed by atoms with van der Waals surface area (Å²) in [5.41, 5.74) is 0.970. The maximum absolute atomic E-state index is 13.7. The predicted octanol–water partition coefficient (Wildman–Crippen LogP) is 2.89. The molecule has 9 heteroatoms. The number of amides is 2. The lowest BCUT2D eigenvalue weighted by atomic mass is 10.2. The summed E-state index contributed by atoms with van der Waals surface area (Å²) in [6, 6.07) is 9.11. The number of hydrogen-bond acceptors (Lipinski definition) is 4. The summed E-state index contributed by atoms with van der Waals surface area (Å²) in [5, 5.41) is 8.92. The van der Waals surface area contributed by atoms with Gasteiger partial charge in [0.2, 0.25) is 0 Å². The summed E-state index contributed by atoms with van der Waals surface area (Å²) in [4.78, 5) is 27.8. The van der Waals surface area contributed by atoms with Crippen molar-refractivity contribution in [3.05, 3.63) is 71.4 Å². The van der Waals surface area contributed by atoms with Gasteiger partial charge in [0.1, 0.15) is 5.82 Å². The van der Waals surface area contributed by atoms with E-state index in [-0.39, 0.29) is 16.5 Å². The number of carbonyl (C=O) groups is 2. The summed E-state index contributed by atoms with van der Waals surface area (Å²) in [7, 11) is 0. The number of nitrogens with zero attached hydrogens (tertiary/aromatic N) is 3. The molecule has 2 aromatic heterocycles. The van der Waals surface area contributed by atoms with Crippen molar-refractivity contribution in [2.24, 2.45) is 0 Å². The largest absolute Gasteiger partial charge is 0.315 e. The van der Waals surface area contributed by atoms with Gasteiger partial charge in [-0.25, -0.2) is 4.39 Å². The van der Waals surface area contributed by atoms with Crippen LogP contribution in [0.1, 0.15) is 5.56 Å². The predicted molar refractivity (Wildman–Crippen MR) is 98.8 cm³/mol. The van der Waals surface area contributed by atoms with Crippen molar-refractivity contribution in [3.63, 3.8) is 0 Å². The highest BCUT2D eigenvalue weighted by molar-refractivity contribution is 6.43. The van der Waals surface area contributed by atoms with Gasteiger partial charge in [-0.05, 0) is 42.3 Å². The van der Waals surface area contributed by atoms with Crippen LogP contribution < -0.4 is 10.6 Å². The first-order valence-electron chi connectivity index (χ1n) is 8.01. The molecule has 0 saturated carbocycles. The molecule has 2 amide bonds. The van der Waals surface area contributed by atoms with E-state index in [1.807, 2.05) is 12.1 Å². The number of rotatable bonds is 5. The van der Waals surface area contributed by atoms with E-state index in [0.29, 0.717) is 6.54 Å². The van der Waals surface area contributed by atoms with Crippen molar-refractivity contribution in [1.29, 1.82) is 0 Å². The van der Waals surface area contributed by atoms with Crippen LogP contribution in [0.25, 0.3) is 0 Å². The molecule has 0 spiro atoms. The van der Waals surface area contributed by atoms with Crippen molar-refractivity contribution < 1.29 is 14.0 Å². The maximum Gasteiger partial charge on any atom is 0.315 e. The monoisotopic (exact) mass is 387 g/mol. The summed E-state index contributed by atoms with van der Waals surface area (Å²) >= 11 is 5.64. The SMILES string of the molecule is O=C(Nc1ccn(CCc2ccncc2)n1)C(=O)Nc1ccc(Cl)cc1F. The third kappa shape index (κ3) is 5.11. The zero-order valence-electron chi connectivity index (χ0n) is 14.0. The number of anilines is 2. The second-order valence-electron chi connectivity index (χ2n) is 5.60. The second-order valence-corrected chi connectivity index (χ2v) is 6.04. The Morgan fingerprint density at radius 3 is 2.56 bits per heavy atom. The highest BCUT2D eigenvalue weighted by Crippen LogP contribution is 2.18. The number of carbonyl (C=O) groups excluding carboxylic acids is 2. The lowest BCUT2D eigenvalue weighted by Gasteiger charge is -2.06. The first-order valence-corrected chi connectivity index (χ1v) is 8.39. The second kappa shape index (κ2) is 8.41. The smallest absolute Gasteiger partial charge is 0.315 e. The highest BCUT2D eigenvalue weighted by Gasteiger charge is 2.17. The number of hydrogen-bond donors (Lipinski definition) is 2. The molecule has 0 aliphatic carbocycles. The van der Waals surface area contributed by atoms with Crippen molar-refractivity contribution in [3.8, 4) is 0 Å². The Morgan fingerprint density at radius 1 is 1.07 bits per heavy atom. The van der Waals surface area contributed by atoms with Crippen LogP contribution >= 0.6 is 11.6 Å². The lowest BCUT2D eigenvalue weighted by Crippen LogP contribution is -2.29. The van der Waals surface area contributed by atoms with Crippen LogP contribution in [-0.4, -0.2) is 26.6 Å². The molecule has 0 atom stereocenters. The van der Waals surface area contributed by atoms with Crippen LogP contribution in [0, 0.1) is 5.82 Å². The third-order valence-electron chi connectivity index (χ3n) is 3.65. The molecule has 0 unspecified atom stereocenters. The molecular weight excluding hydrogens is 373 g/mol. The van der Waals surface area contributed by atoms with Crippen LogP contribution in [-0.2, 0) is 22.6 Å². The van der Waals surface area contributed by atoms with Gasteiger partial charge in [0.05, 0.1) is 5.69 Å². The first-order chi connectivity index (χ1) is 13.0. The molecule has 0 aliphatic rings. The van der Waals surface area contributed by atoms with Crippen LogP contribution in [0.5, 0.6) is 0 Å². The molecular formula is C18H15ClFN5O2. The zero-order valence-corrected chi connectivity index (χ0v) is 14.8. The molecule has 0 bridgehead atoms. The number of nitrogens with one attached hydrogen (secondary N) is 2. The molecule has 1 aromatic carbocycles. The van der Waals surface area contributed by atoms with Gasteiger partial charge in [0.25, 0.3) is 0 Å². The third-order valence-corrected chi connectivity index (χ3v) is 3.88. The van der Waals surface area contributed by atoms with E-state index in [2.05, 4.69) is 20.7 Å². The fourth-order valence-corrected chi connectivity index (χ4v) is 2.45. The van der Waals surface area contributed by atoms with Gasteiger partial charge in [-0.2, -0.15) is 5.10 Å². The maximum atomic E-state index is 13.7. The van der Waals surface area contributed by atoms with Gasteiger partial charge in [-0.15, -0.1) is 0 Å². The fourth-order valence-electron chi connectivity index (χ4n) is 2.29. The molecule has 27 heavy (non-hydrogen) atoms. The summed E-state index contributed by atoms with van der Waals surface area (Å²) in [6.45, 7) is 0.599. The van der Waals surface area contributed by atoms with E-state index < -0.39 is 17.6 Å². The van der Waals surface area contributed by atoms with Gasteiger partial charge in [0.15, 0.2) is 5.82 Å². The molecule has 0 fully saturated rings. The zero-order chi connectivity index (χ0) is 19.2. The van der Waals surface area contributed by atoms with Gasteiger partial charge in [-0.1, -0.05) is 11.6 Å². The Labute approximate surface area is 159 Å². The lowest BCUT2D eigenvalue weighted by molar-refractivity contribution is -0.133. The van der Waals surface area contributed by atoms with Gasteiger partial charge in [-0.3, -0.25) is 19.3 Å². The standard InChI is InChI=1S/C18H15ClFN5O2/c19-13-1-2-15(14(20)11-13)22-17(26)18(27)23-16-6-10-25(24-16)9-5-12-3-7-21-8-4-12/h1-4,6-8,10-11H,5,9H2,(H,22,26)(H,23,24,27). The Kier molecular flexibility index (Phi) is 5.77. The minimum Gasteiger partial charge on any atom is -0.315 e. The fraction of sp³-hybridized carbons (Fsp3) is 0.111. The number of halogens is 2. The number of aromatic nitrogens is 3. The Morgan fingerprint density at radius 2 is 1.81 bits per heavy atom. The molecule has 0 radical (unpaired) electrons. The quantitative estimate of drug-likeness (QED) is 0.659. The summed E-state index contributed by atoms with van der Waals surface area (Å²) in [5.74, 6) is -2.48. The van der Waals surface area contributed by atoms with E-state index in [1.54, 1.807) is 29.3 Å². The number of pyridine rings is 1. The molecule has 3 aromatic rings. The highest BCUT2D eigenvalue weighted by atomic mass is 35.5. The van der Waals surface area contributed by atoms with Crippen LogP contribution in [0.3, 0.4) is 0 Å². The Bertz CT molecular complexity index is 961. The molecule has 0 aliphatic heterocycles. The summed E-state index contributed by atoms with van der Waals surface area (Å²) in [6.07, 6.45) is 5.86. The van der Waals surface area contributed by atoms with Crippen molar-refractivity contribution in [1.82, 2.24) is 14.8 Å². The summed E-state index contributed by atoms with van der Waals surface area (Å²) < 4.78 is 15.3. The van der Waals surface area contributed by atoms with Crippen molar-refractivity contribution in [2.75, 3.05) is 10.6 Å². The minimum atomic E-state index is -1.01. The molecule has 2 heterocycles. The molecule has 3 rings (SSSR count). The van der Waals surface area contributed by atoms with Crippen LogP contribution in [0.2, 0.25) is 5.02 Å². The van der Waals surface area contributed by atoms with E-state index in [4.69, 9.17) is 11.6 Å². The van der Waals surface area contributed by atoms with E-state index in [1.165, 1.54) is 12.1 Å². The molecule has 138 valence electrons. The first kappa shape index (κ1) is 18.5. The average Bonchev–Trinajstić information content (AvgIpc) is 3.10. The van der Waals surface area contributed by atoms with Crippen molar-refractivity contribution in [2.45, 2.75) is 13.0 Å². The van der Waals surface area contributed by atoms with E-state index >= 15 is 0 Å². The molecule has 7 nitrogen and oxygen atoms in total.